The Kier molecular flexibility index (Phi) is 4.64. The zero-order chi connectivity index (χ0) is 21.9. The molecule has 32 heavy (non-hydrogen) atoms. The van der Waals surface area contributed by atoms with E-state index in [4.69, 9.17) is 4.74 Å². The molecule has 1 spiro atoms. The van der Waals surface area contributed by atoms with E-state index in [1.807, 2.05) is 42.5 Å². The second-order valence-electron chi connectivity index (χ2n) is 9.87. The van der Waals surface area contributed by atoms with Crippen LogP contribution < -0.4 is 10.6 Å². The van der Waals surface area contributed by atoms with Gasteiger partial charge in [0.1, 0.15) is 11.6 Å². The van der Waals surface area contributed by atoms with Crippen molar-refractivity contribution in [3.63, 3.8) is 0 Å². The van der Waals surface area contributed by atoms with Crippen molar-refractivity contribution >= 4 is 17.7 Å². The molecule has 0 aromatic heterocycles. The van der Waals surface area contributed by atoms with Crippen LogP contribution in [0.4, 0.5) is 0 Å². The monoisotopic (exact) mass is 435 g/mol. The largest absolute Gasteiger partial charge is 0.359 e. The van der Waals surface area contributed by atoms with Crippen LogP contribution in [-0.2, 0) is 25.7 Å². The Labute approximate surface area is 187 Å². The minimum absolute atomic E-state index is 0.0749. The SMILES string of the molecule is O=C(NCc1ccccc1)[C@H]1[C@H]2C(=O)N(C3CC3)[C@H](C(=O)NC3CCCC3)[C@@]23C=C[C@H]1O3. The van der Waals surface area contributed by atoms with Crippen molar-refractivity contribution in [1.82, 2.24) is 15.5 Å². The summed E-state index contributed by atoms with van der Waals surface area (Å²) in [6.07, 6.45) is 9.31. The van der Waals surface area contributed by atoms with Crippen LogP contribution in [0.3, 0.4) is 0 Å². The van der Waals surface area contributed by atoms with Crippen LogP contribution in [0.25, 0.3) is 0 Å². The lowest BCUT2D eigenvalue weighted by Crippen LogP contribution is -2.56. The van der Waals surface area contributed by atoms with Gasteiger partial charge in [-0.25, -0.2) is 0 Å². The molecule has 1 aromatic rings. The van der Waals surface area contributed by atoms with Gasteiger partial charge in [0.05, 0.1) is 17.9 Å². The van der Waals surface area contributed by atoms with Gasteiger partial charge in [0.2, 0.25) is 17.7 Å². The lowest BCUT2D eigenvalue weighted by Gasteiger charge is -2.33. The van der Waals surface area contributed by atoms with E-state index < -0.39 is 29.6 Å². The summed E-state index contributed by atoms with van der Waals surface area (Å²) in [5.41, 5.74) is -0.0386. The van der Waals surface area contributed by atoms with Gasteiger partial charge in [0.15, 0.2) is 0 Å². The molecule has 2 saturated carbocycles. The van der Waals surface area contributed by atoms with Gasteiger partial charge in [-0.1, -0.05) is 55.3 Å². The quantitative estimate of drug-likeness (QED) is 0.666. The van der Waals surface area contributed by atoms with Crippen LogP contribution in [-0.4, -0.2) is 52.5 Å². The fourth-order valence-corrected chi connectivity index (χ4v) is 6.21. The second kappa shape index (κ2) is 7.44. The van der Waals surface area contributed by atoms with Gasteiger partial charge in [-0.05, 0) is 31.2 Å². The molecule has 2 aliphatic carbocycles. The number of carbonyl (C=O) groups is 3. The van der Waals surface area contributed by atoms with Crippen molar-refractivity contribution in [3.05, 3.63) is 48.0 Å². The molecule has 5 aliphatic rings. The third-order valence-corrected chi connectivity index (χ3v) is 7.81. The molecule has 6 rings (SSSR count). The van der Waals surface area contributed by atoms with Crippen LogP contribution in [0, 0.1) is 11.8 Å². The van der Waals surface area contributed by atoms with Gasteiger partial charge in [-0.2, -0.15) is 0 Å². The van der Waals surface area contributed by atoms with E-state index in [0.717, 1.165) is 44.1 Å². The van der Waals surface area contributed by atoms with Crippen molar-refractivity contribution in [3.8, 4) is 0 Å². The van der Waals surface area contributed by atoms with Crippen molar-refractivity contribution in [2.45, 2.75) is 74.9 Å². The molecule has 2 bridgehead atoms. The van der Waals surface area contributed by atoms with Crippen LogP contribution in [0.2, 0.25) is 0 Å². The maximum Gasteiger partial charge on any atom is 0.246 e. The highest BCUT2D eigenvalue weighted by Gasteiger charge is 2.74. The van der Waals surface area contributed by atoms with E-state index in [1.165, 1.54) is 0 Å². The summed E-state index contributed by atoms with van der Waals surface area (Å²) in [5.74, 6) is -1.67. The smallest absolute Gasteiger partial charge is 0.246 e. The van der Waals surface area contributed by atoms with Crippen LogP contribution in [0.5, 0.6) is 0 Å². The highest BCUT2D eigenvalue weighted by atomic mass is 16.5. The summed E-state index contributed by atoms with van der Waals surface area (Å²) in [6.45, 7) is 0.401. The van der Waals surface area contributed by atoms with Gasteiger partial charge in [-0.3, -0.25) is 14.4 Å². The molecule has 0 unspecified atom stereocenters. The van der Waals surface area contributed by atoms with Crippen molar-refractivity contribution in [1.29, 1.82) is 0 Å². The molecule has 168 valence electrons. The first-order valence-corrected chi connectivity index (χ1v) is 11.9. The number of hydrogen-bond acceptors (Lipinski definition) is 4. The second-order valence-corrected chi connectivity index (χ2v) is 9.87. The molecule has 0 radical (unpaired) electrons. The van der Waals surface area contributed by atoms with E-state index in [2.05, 4.69) is 10.6 Å². The van der Waals surface area contributed by atoms with E-state index >= 15 is 0 Å². The van der Waals surface area contributed by atoms with Crippen LogP contribution in [0.15, 0.2) is 42.5 Å². The number of nitrogens with zero attached hydrogens (tertiary/aromatic N) is 1. The summed E-state index contributed by atoms with van der Waals surface area (Å²) in [4.78, 5) is 42.1. The zero-order valence-electron chi connectivity index (χ0n) is 18.0. The van der Waals surface area contributed by atoms with E-state index in [-0.39, 0.29) is 29.8 Å². The summed E-state index contributed by atoms with van der Waals surface area (Å²) in [7, 11) is 0. The number of nitrogens with one attached hydrogen (secondary N) is 2. The third kappa shape index (κ3) is 3.01. The molecular formula is C25H29N3O4. The standard InChI is InChI=1S/C25H29N3O4/c29-22(26-14-15-6-2-1-3-7-15)19-18-12-13-25(32-18)20(19)24(31)28(17-10-11-17)21(25)23(30)27-16-8-4-5-9-16/h1-3,6-7,12-13,16-21H,4-5,8-11,14H2,(H,26,29)(H,27,30)/t18-,19-,20+,21-,25-/m1/s1. The van der Waals surface area contributed by atoms with Crippen LogP contribution >= 0.6 is 0 Å². The Morgan fingerprint density at radius 3 is 2.53 bits per heavy atom. The summed E-state index contributed by atoms with van der Waals surface area (Å²) in [5, 5.41) is 6.18. The first kappa shape index (κ1) is 20.0. The van der Waals surface area contributed by atoms with Gasteiger partial charge >= 0.3 is 0 Å². The Bertz CT molecular complexity index is 969. The normalized spacial score (nSPS) is 35.4. The van der Waals surface area contributed by atoms with Crippen LogP contribution in [0.1, 0.15) is 44.1 Å². The Balaban J connectivity index is 1.26. The maximum atomic E-state index is 13.6. The number of ether oxygens (including phenoxy) is 1. The minimum atomic E-state index is -1.04. The molecule has 7 nitrogen and oxygen atoms in total. The van der Waals surface area contributed by atoms with Gasteiger partial charge in [0, 0.05) is 18.6 Å². The predicted molar refractivity (Wildman–Crippen MR) is 116 cm³/mol. The number of rotatable bonds is 6. The molecule has 2 N–H and O–H groups in total. The maximum absolute atomic E-state index is 13.6. The fraction of sp³-hybridized carbons (Fsp3) is 0.560. The molecule has 5 atom stereocenters. The average molecular weight is 436 g/mol. The van der Waals surface area contributed by atoms with Gasteiger partial charge < -0.3 is 20.3 Å². The molecule has 3 heterocycles. The van der Waals surface area contributed by atoms with Gasteiger partial charge in [-0.15, -0.1) is 0 Å². The number of likely N-dealkylation sites (tertiary alicyclic amines) is 1. The number of amides is 3. The Morgan fingerprint density at radius 2 is 1.81 bits per heavy atom. The Morgan fingerprint density at radius 1 is 1.06 bits per heavy atom. The molecule has 4 fully saturated rings. The lowest BCUT2D eigenvalue weighted by atomic mass is 9.74. The zero-order valence-corrected chi connectivity index (χ0v) is 18.0. The van der Waals surface area contributed by atoms with Gasteiger partial charge in [0.25, 0.3) is 0 Å². The average Bonchev–Trinajstić information content (AvgIpc) is 3.13. The highest BCUT2D eigenvalue weighted by molar-refractivity contribution is 6.00. The van der Waals surface area contributed by atoms with E-state index in [9.17, 15) is 14.4 Å². The predicted octanol–water partition coefficient (Wildman–Crippen LogP) is 1.67. The number of benzene rings is 1. The number of carbonyl (C=O) groups excluding carboxylic acids is 3. The summed E-state index contributed by atoms with van der Waals surface area (Å²) < 4.78 is 6.35. The van der Waals surface area contributed by atoms with E-state index in [1.54, 1.807) is 4.90 Å². The van der Waals surface area contributed by atoms with E-state index in [0.29, 0.717) is 6.54 Å². The summed E-state index contributed by atoms with van der Waals surface area (Å²) in [6, 6.07) is 9.26. The third-order valence-electron chi connectivity index (χ3n) is 7.81. The highest BCUT2D eigenvalue weighted by Crippen LogP contribution is 2.57. The van der Waals surface area contributed by atoms with Crippen molar-refractivity contribution in [2.75, 3.05) is 0 Å². The molecule has 2 saturated heterocycles. The molecular weight excluding hydrogens is 406 g/mol. The molecule has 1 aromatic carbocycles. The molecule has 7 heteroatoms. The minimum Gasteiger partial charge on any atom is -0.359 e. The van der Waals surface area contributed by atoms with Crippen molar-refractivity contribution < 1.29 is 19.1 Å². The molecule has 3 amide bonds. The Hall–Kier alpha value is -2.67. The summed E-state index contributed by atoms with van der Waals surface area (Å²) >= 11 is 0. The number of fused-ring (bicyclic) bond motifs is 1. The fourth-order valence-electron chi connectivity index (χ4n) is 6.21. The number of hydrogen-bond donors (Lipinski definition) is 2. The first-order valence-electron chi connectivity index (χ1n) is 11.9. The molecule has 3 aliphatic heterocycles. The van der Waals surface area contributed by atoms with Crippen molar-refractivity contribution in [2.24, 2.45) is 11.8 Å². The lowest BCUT2D eigenvalue weighted by molar-refractivity contribution is -0.142. The topological polar surface area (TPSA) is 87.7 Å². The first-order chi connectivity index (χ1) is 15.6.